The molecule has 2 aromatic heterocycles. The number of amides is 3. The molecule has 8 aromatic carbocycles. The third-order valence-corrected chi connectivity index (χ3v) is 17.3. The number of hydrogen-bond acceptors (Lipinski definition) is 9. The van der Waals surface area contributed by atoms with Crippen molar-refractivity contribution >= 4 is 47.8 Å². The van der Waals surface area contributed by atoms with Gasteiger partial charge in [-0.2, -0.15) is 0 Å². The van der Waals surface area contributed by atoms with E-state index in [0.29, 0.717) is 88.9 Å². The smallest absolute Gasteiger partial charge is 0.415 e. The summed E-state index contributed by atoms with van der Waals surface area (Å²) in [7, 11) is -1.37. The van der Waals surface area contributed by atoms with Gasteiger partial charge < -0.3 is 33.6 Å². The number of carbonyl (C=O) groups excluding carboxylic acids is 3. The van der Waals surface area contributed by atoms with Gasteiger partial charge in [-0.05, 0) is 102 Å². The van der Waals surface area contributed by atoms with Gasteiger partial charge in [-0.25, -0.2) is 13.6 Å². The lowest BCUT2D eigenvalue weighted by atomic mass is 9.99. The SMILES string of the molecule is CCN(CC)C(=O)Oc1c2c(c(OC(c3ccccc3)c3ccccc3)c3ncccc13)C(=O)N(Cc1ccc(F)cc1)C2.C[Si](C)(C)CCOc1c2c(c(OC(c3ccccc3)c3ccccc3)c3ncccc13)C(=O)N(Cc1ccc(F)cc1)C2. The van der Waals surface area contributed by atoms with Crippen LogP contribution in [0.4, 0.5) is 13.6 Å². The fourth-order valence-electron chi connectivity index (χ4n) is 11.1. The number of halogens is 2. The van der Waals surface area contributed by atoms with Crippen LogP contribution in [0.1, 0.15) is 91.3 Å². The Kier molecular flexibility index (Phi) is 17.8. The number of hydrogen-bond donors (Lipinski definition) is 0. The summed E-state index contributed by atoms with van der Waals surface area (Å²) >= 11 is 0. The summed E-state index contributed by atoms with van der Waals surface area (Å²) in [5.74, 6) is 0.654. The van der Waals surface area contributed by atoms with Gasteiger partial charge in [0.1, 0.15) is 46.4 Å². The van der Waals surface area contributed by atoms with E-state index in [0.717, 1.165) is 50.4 Å². The molecule has 12 rings (SSSR count). The molecule has 4 heterocycles. The average Bonchev–Trinajstić information content (AvgIpc) is 1.82. The van der Waals surface area contributed by atoms with Crippen molar-refractivity contribution in [2.75, 3.05) is 19.7 Å². The van der Waals surface area contributed by atoms with Crippen LogP contribution in [0.15, 0.2) is 207 Å². The van der Waals surface area contributed by atoms with Crippen LogP contribution < -0.4 is 18.9 Å². The Balaban J connectivity index is 0.000000180. The zero-order chi connectivity index (χ0) is 60.6. The summed E-state index contributed by atoms with van der Waals surface area (Å²) in [6.45, 7) is 13.3. The van der Waals surface area contributed by atoms with Crippen LogP contribution in [0.2, 0.25) is 25.7 Å². The Hall–Kier alpha value is -9.73. The van der Waals surface area contributed by atoms with Crippen LogP contribution >= 0.6 is 0 Å². The number of ether oxygens (including phenoxy) is 4. The third-order valence-electron chi connectivity index (χ3n) is 15.6. The molecule has 3 amide bonds. The molecule has 0 aliphatic carbocycles. The van der Waals surface area contributed by atoms with Gasteiger partial charge in [0.05, 0.1) is 30.8 Å². The molecule has 440 valence electrons. The maximum Gasteiger partial charge on any atom is 0.415 e. The maximum absolute atomic E-state index is 14.3. The fourth-order valence-corrected chi connectivity index (χ4v) is 11.8. The highest BCUT2D eigenvalue weighted by Gasteiger charge is 2.40. The Morgan fingerprint density at radius 2 is 0.897 bits per heavy atom. The van der Waals surface area contributed by atoms with Gasteiger partial charge in [0.15, 0.2) is 11.5 Å². The zero-order valence-electron chi connectivity index (χ0n) is 49.3. The fraction of sp³-hybridized carbons (Fsp3) is 0.208. The summed E-state index contributed by atoms with van der Waals surface area (Å²) < 4.78 is 53.7. The number of fused-ring (bicyclic) bond motifs is 4. The number of aromatic nitrogens is 2. The molecule has 0 saturated carbocycles. The topological polar surface area (TPSA) is 124 Å². The molecule has 0 spiro atoms. The second kappa shape index (κ2) is 26.3. The normalized spacial score (nSPS) is 12.7. The van der Waals surface area contributed by atoms with Crippen LogP contribution in [0.3, 0.4) is 0 Å². The van der Waals surface area contributed by atoms with Crippen molar-refractivity contribution < 1.29 is 42.1 Å². The molecular formula is C72H67F2N5O7Si. The predicted octanol–water partition coefficient (Wildman–Crippen LogP) is 16.0. The minimum Gasteiger partial charge on any atom is -0.493 e. The summed E-state index contributed by atoms with van der Waals surface area (Å²) in [5.41, 5.74) is 8.51. The molecule has 0 unspecified atom stereocenters. The van der Waals surface area contributed by atoms with E-state index in [-0.39, 0.29) is 36.5 Å². The largest absolute Gasteiger partial charge is 0.493 e. The first-order chi connectivity index (χ1) is 42.3. The van der Waals surface area contributed by atoms with Gasteiger partial charge in [-0.15, -0.1) is 0 Å². The summed E-state index contributed by atoms with van der Waals surface area (Å²) in [5, 5.41) is 1.39. The lowest BCUT2D eigenvalue weighted by Gasteiger charge is -2.24. The number of pyridine rings is 2. The van der Waals surface area contributed by atoms with Gasteiger partial charge >= 0.3 is 6.09 Å². The molecule has 0 bridgehead atoms. The second-order valence-electron chi connectivity index (χ2n) is 22.7. The molecule has 2 aliphatic rings. The maximum atomic E-state index is 14.3. The van der Waals surface area contributed by atoms with Crippen LogP contribution in [0.25, 0.3) is 21.8 Å². The molecule has 0 N–H and O–H groups in total. The van der Waals surface area contributed by atoms with Crippen molar-refractivity contribution in [1.29, 1.82) is 0 Å². The van der Waals surface area contributed by atoms with Crippen molar-refractivity contribution in [3.8, 4) is 23.0 Å². The van der Waals surface area contributed by atoms with Gasteiger partial charge in [0.2, 0.25) is 0 Å². The standard InChI is InChI=1S/C36H32FN3O4.C36H35FN2O3Si/c1-3-39(4-2)36(42)44-33-28-16-11-21-38-31(28)34(43-32(25-12-7-5-8-13-25)26-14-9-6-10-15-26)30-29(33)23-40(35(30)41)22-24-17-19-27(37)20-18-24;1-43(2,3)22-21-41-34-29-15-10-20-38-32(29)35(42-33(26-11-6-4-7-12-26)27-13-8-5-9-14-27)31-30(34)24-39(36(31)40)23-25-16-18-28(37)19-17-25/h5-21,32H,3-4,22-23H2,1-2H3;4-20,33H,21-24H2,1-3H3. The Labute approximate surface area is 506 Å². The van der Waals surface area contributed by atoms with Gasteiger partial charge in [0.25, 0.3) is 11.8 Å². The first-order valence-electron chi connectivity index (χ1n) is 29.3. The second-order valence-corrected chi connectivity index (χ2v) is 28.4. The number of benzene rings is 8. The minimum absolute atomic E-state index is 0.156. The van der Waals surface area contributed by atoms with E-state index in [2.05, 4.69) is 24.6 Å². The van der Waals surface area contributed by atoms with Crippen molar-refractivity contribution in [3.63, 3.8) is 0 Å². The number of nitrogens with zero attached hydrogens (tertiary/aromatic N) is 5. The van der Waals surface area contributed by atoms with Crippen LogP contribution in [-0.2, 0) is 26.2 Å². The molecule has 15 heteroatoms. The van der Waals surface area contributed by atoms with E-state index in [1.54, 1.807) is 57.4 Å². The van der Waals surface area contributed by atoms with Gasteiger partial charge in [0, 0.05) is 68.5 Å². The van der Waals surface area contributed by atoms with Crippen molar-refractivity contribution in [3.05, 3.63) is 274 Å². The monoisotopic (exact) mass is 1180 g/mol. The van der Waals surface area contributed by atoms with Crippen molar-refractivity contribution in [1.82, 2.24) is 24.7 Å². The van der Waals surface area contributed by atoms with Crippen LogP contribution in [0.5, 0.6) is 23.0 Å². The quantitative estimate of drug-likeness (QED) is 0.0728. The molecule has 2 aliphatic heterocycles. The van der Waals surface area contributed by atoms with E-state index < -0.39 is 26.4 Å². The molecule has 0 fully saturated rings. The highest BCUT2D eigenvalue weighted by Crippen LogP contribution is 2.49. The molecule has 0 radical (unpaired) electrons. The van der Waals surface area contributed by atoms with E-state index in [1.807, 2.05) is 153 Å². The number of rotatable bonds is 19. The van der Waals surface area contributed by atoms with Crippen LogP contribution in [-0.4, -0.2) is 70.3 Å². The summed E-state index contributed by atoms with van der Waals surface area (Å²) in [6, 6.07) is 60.4. The Morgan fingerprint density at radius 3 is 1.28 bits per heavy atom. The van der Waals surface area contributed by atoms with E-state index in [9.17, 15) is 23.2 Å². The third kappa shape index (κ3) is 13.1. The van der Waals surface area contributed by atoms with E-state index in [1.165, 1.54) is 24.3 Å². The van der Waals surface area contributed by atoms with E-state index >= 15 is 0 Å². The van der Waals surface area contributed by atoms with E-state index in [4.69, 9.17) is 23.9 Å². The van der Waals surface area contributed by atoms with Crippen LogP contribution in [0, 0.1) is 11.6 Å². The highest BCUT2D eigenvalue weighted by atomic mass is 28.3. The Bertz CT molecular complexity index is 3980. The van der Waals surface area contributed by atoms with Crippen molar-refractivity contribution in [2.24, 2.45) is 0 Å². The number of carbonyl (C=O) groups is 3. The lowest BCUT2D eigenvalue weighted by Crippen LogP contribution is -2.33. The molecule has 0 atom stereocenters. The summed E-state index contributed by atoms with van der Waals surface area (Å²) in [4.78, 5) is 56.2. The summed E-state index contributed by atoms with van der Waals surface area (Å²) in [6.07, 6.45) is 1.84. The highest BCUT2D eigenvalue weighted by molar-refractivity contribution is 6.76. The molecule has 87 heavy (non-hydrogen) atoms. The lowest BCUT2D eigenvalue weighted by molar-refractivity contribution is 0.0754. The predicted molar refractivity (Wildman–Crippen MR) is 337 cm³/mol. The first-order valence-corrected chi connectivity index (χ1v) is 33.0. The first kappa shape index (κ1) is 59.0. The Morgan fingerprint density at radius 1 is 0.517 bits per heavy atom. The molecular weight excluding hydrogens is 1110 g/mol. The van der Waals surface area contributed by atoms with Gasteiger partial charge in [-0.1, -0.05) is 165 Å². The molecule has 12 nitrogen and oxygen atoms in total. The van der Waals surface area contributed by atoms with Crippen molar-refractivity contribution in [2.45, 2.75) is 77.9 Å². The van der Waals surface area contributed by atoms with Gasteiger partial charge in [-0.3, -0.25) is 19.6 Å². The molecule has 0 saturated heterocycles. The minimum atomic E-state index is -1.37. The average molecular weight is 1180 g/mol. The zero-order valence-corrected chi connectivity index (χ0v) is 50.3. The molecule has 10 aromatic rings.